The Balaban J connectivity index is 2.34. The summed E-state index contributed by atoms with van der Waals surface area (Å²) in [6.45, 7) is 0. The summed E-state index contributed by atoms with van der Waals surface area (Å²) in [5.41, 5.74) is 0.166. The van der Waals surface area contributed by atoms with Crippen molar-refractivity contribution in [2.24, 2.45) is 0 Å². The van der Waals surface area contributed by atoms with Gasteiger partial charge in [0.1, 0.15) is 0 Å². The largest absolute Gasteiger partial charge is 0.477 e. The first-order valence-corrected chi connectivity index (χ1v) is 5.76. The van der Waals surface area contributed by atoms with Crippen LogP contribution in [0.3, 0.4) is 0 Å². The zero-order valence-electron chi connectivity index (χ0n) is 6.81. The number of amides is 1. The lowest BCUT2D eigenvalue weighted by molar-refractivity contribution is -0.145. The maximum absolute atomic E-state index is 11.1. The first-order chi connectivity index (χ1) is 6.15. The second kappa shape index (κ2) is 2.95. The van der Waals surface area contributed by atoms with Crippen molar-refractivity contribution in [2.75, 3.05) is 6.26 Å². The van der Waals surface area contributed by atoms with Crippen LogP contribution < -0.4 is 0 Å². The van der Waals surface area contributed by atoms with E-state index in [0.717, 1.165) is 4.24 Å². The molecule has 2 heterocycles. The van der Waals surface area contributed by atoms with Crippen LogP contribution in [0.15, 0.2) is 9.93 Å². The molecule has 6 heteroatoms. The monoisotopic (exact) mass is 217 g/mol. The Morgan fingerprint density at radius 2 is 2.46 bits per heavy atom. The fraction of sp³-hybridized carbons (Fsp3) is 0.429. The van der Waals surface area contributed by atoms with E-state index in [0.29, 0.717) is 6.42 Å². The smallest absolute Gasteiger partial charge is 0.354 e. The third kappa shape index (κ3) is 1.16. The third-order valence-electron chi connectivity index (χ3n) is 1.97. The van der Waals surface area contributed by atoms with Gasteiger partial charge in [-0.25, -0.2) is 4.79 Å². The number of nitrogens with zero attached hydrogens (tertiary/aromatic N) is 1. The number of β-lactam (4-membered cyclic amide) rings is 1. The SMILES string of the molecule is CSC1=C(C(=O)O)N2C(=O)C[C@H]2S1. The fourth-order valence-electron chi connectivity index (χ4n) is 1.36. The molecule has 0 saturated carbocycles. The number of hydrogen-bond donors (Lipinski definition) is 1. The number of carboxylic acids is 1. The predicted molar refractivity (Wildman–Crippen MR) is 51.0 cm³/mol. The van der Waals surface area contributed by atoms with Gasteiger partial charge in [0, 0.05) is 0 Å². The van der Waals surface area contributed by atoms with E-state index < -0.39 is 5.97 Å². The summed E-state index contributed by atoms with van der Waals surface area (Å²) < 4.78 is 0.739. The molecule has 0 unspecified atom stereocenters. The summed E-state index contributed by atoms with van der Waals surface area (Å²) in [5, 5.41) is 8.92. The lowest BCUT2D eigenvalue weighted by Gasteiger charge is -2.33. The first-order valence-electron chi connectivity index (χ1n) is 3.65. The van der Waals surface area contributed by atoms with Crippen molar-refractivity contribution in [1.82, 2.24) is 4.90 Å². The van der Waals surface area contributed by atoms with E-state index in [1.807, 2.05) is 6.26 Å². The summed E-state index contributed by atoms with van der Waals surface area (Å²) in [7, 11) is 0. The minimum absolute atomic E-state index is 0.0426. The first kappa shape index (κ1) is 8.96. The van der Waals surface area contributed by atoms with Gasteiger partial charge in [-0.15, -0.1) is 11.8 Å². The molecule has 0 radical (unpaired) electrons. The Kier molecular flexibility index (Phi) is 2.03. The van der Waals surface area contributed by atoms with Gasteiger partial charge < -0.3 is 5.11 Å². The second-order valence-electron chi connectivity index (χ2n) is 2.69. The average Bonchev–Trinajstić information content (AvgIpc) is 2.37. The molecule has 2 aliphatic heterocycles. The lowest BCUT2D eigenvalue weighted by Crippen LogP contribution is -2.48. The molecule has 0 bridgehead atoms. The Morgan fingerprint density at radius 3 is 2.92 bits per heavy atom. The zero-order chi connectivity index (χ0) is 9.59. The Morgan fingerprint density at radius 1 is 1.77 bits per heavy atom. The molecule has 1 amide bonds. The van der Waals surface area contributed by atoms with Crippen molar-refractivity contribution < 1.29 is 14.7 Å². The topological polar surface area (TPSA) is 57.6 Å². The highest BCUT2D eigenvalue weighted by Crippen LogP contribution is 2.49. The quantitative estimate of drug-likeness (QED) is 0.697. The Labute approximate surface area is 83.4 Å². The van der Waals surface area contributed by atoms with Gasteiger partial charge in [0.15, 0.2) is 5.70 Å². The number of thioether (sulfide) groups is 2. The summed E-state index contributed by atoms with van der Waals surface area (Å²) in [6, 6.07) is 0. The van der Waals surface area contributed by atoms with Gasteiger partial charge in [0.2, 0.25) is 5.91 Å². The van der Waals surface area contributed by atoms with Gasteiger partial charge in [-0.3, -0.25) is 9.69 Å². The van der Waals surface area contributed by atoms with Gasteiger partial charge in [-0.1, -0.05) is 11.8 Å². The predicted octanol–water partition coefficient (Wildman–Crippen LogP) is 0.908. The van der Waals surface area contributed by atoms with Gasteiger partial charge in [-0.2, -0.15) is 0 Å². The van der Waals surface area contributed by atoms with Crippen LogP contribution in [0.2, 0.25) is 0 Å². The number of carboxylic acid groups (broad SMARTS) is 1. The molecule has 2 aliphatic rings. The van der Waals surface area contributed by atoms with Crippen molar-refractivity contribution in [3.63, 3.8) is 0 Å². The Bertz CT molecular complexity index is 326. The van der Waals surface area contributed by atoms with E-state index in [4.69, 9.17) is 5.11 Å². The molecule has 0 spiro atoms. The van der Waals surface area contributed by atoms with Crippen LogP contribution in [0.25, 0.3) is 0 Å². The van der Waals surface area contributed by atoms with Gasteiger partial charge in [0.25, 0.3) is 0 Å². The number of fused-ring (bicyclic) bond motifs is 1. The molecule has 0 aromatic heterocycles. The van der Waals surface area contributed by atoms with Crippen LogP contribution >= 0.6 is 23.5 Å². The van der Waals surface area contributed by atoms with E-state index in [1.54, 1.807) is 0 Å². The number of carbonyl (C=O) groups is 2. The maximum Gasteiger partial charge on any atom is 0.354 e. The van der Waals surface area contributed by atoms with Crippen molar-refractivity contribution >= 4 is 35.4 Å². The highest BCUT2D eigenvalue weighted by Gasteiger charge is 2.48. The second-order valence-corrected chi connectivity index (χ2v) is 4.95. The van der Waals surface area contributed by atoms with Crippen molar-refractivity contribution in [1.29, 1.82) is 0 Å². The maximum atomic E-state index is 11.1. The number of carbonyl (C=O) groups excluding carboxylic acids is 1. The minimum Gasteiger partial charge on any atom is -0.477 e. The summed E-state index contributed by atoms with van der Waals surface area (Å²) in [6.07, 6.45) is 2.28. The zero-order valence-corrected chi connectivity index (χ0v) is 8.44. The molecule has 4 nitrogen and oxygen atoms in total. The van der Waals surface area contributed by atoms with Crippen LogP contribution in [0.4, 0.5) is 0 Å². The number of aliphatic carboxylic acids is 1. The molecule has 1 fully saturated rings. The van der Waals surface area contributed by atoms with Gasteiger partial charge >= 0.3 is 5.97 Å². The third-order valence-corrected chi connectivity index (χ3v) is 4.38. The van der Waals surface area contributed by atoms with Crippen LogP contribution in [0, 0.1) is 0 Å². The highest BCUT2D eigenvalue weighted by molar-refractivity contribution is 8.22. The molecule has 1 atom stereocenters. The normalized spacial score (nSPS) is 26.1. The molecule has 13 heavy (non-hydrogen) atoms. The van der Waals surface area contributed by atoms with Crippen molar-refractivity contribution in [3.05, 3.63) is 9.93 Å². The molecule has 1 N–H and O–H groups in total. The number of hydrogen-bond acceptors (Lipinski definition) is 4. The summed E-state index contributed by atoms with van der Waals surface area (Å²) in [5.74, 6) is -1.09. The highest BCUT2D eigenvalue weighted by atomic mass is 32.2. The van der Waals surface area contributed by atoms with Crippen molar-refractivity contribution in [2.45, 2.75) is 11.8 Å². The van der Waals surface area contributed by atoms with Gasteiger partial charge in [0.05, 0.1) is 16.0 Å². The van der Waals surface area contributed by atoms with E-state index in [2.05, 4.69) is 0 Å². The fourth-order valence-corrected chi connectivity index (χ4v) is 3.56. The standard InChI is InChI=1S/C7H7NO3S2/c1-12-7-5(6(10)11)8-3(9)2-4(8)13-7/h4H,2H2,1H3,(H,10,11)/t4-/m1/s1. The van der Waals surface area contributed by atoms with Crippen LogP contribution in [0.1, 0.15) is 6.42 Å². The molecule has 1 saturated heterocycles. The summed E-state index contributed by atoms with van der Waals surface area (Å²) in [4.78, 5) is 23.3. The van der Waals surface area contributed by atoms with Crippen LogP contribution in [-0.4, -0.2) is 33.5 Å². The van der Waals surface area contributed by atoms with Crippen LogP contribution in [0.5, 0.6) is 0 Å². The molecule has 70 valence electrons. The number of rotatable bonds is 2. The Hall–Kier alpha value is -0.620. The molecule has 0 aromatic carbocycles. The molecular weight excluding hydrogens is 210 g/mol. The van der Waals surface area contributed by atoms with E-state index in [-0.39, 0.29) is 17.0 Å². The average molecular weight is 217 g/mol. The molecule has 2 rings (SSSR count). The molecular formula is C7H7NO3S2. The minimum atomic E-state index is -1.01. The van der Waals surface area contributed by atoms with E-state index in [9.17, 15) is 9.59 Å². The van der Waals surface area contributed by atoms with Gasteiger partial charge in [-0.05, 0) is 6.26 Å². The van der Waals surface area contributed by atoms with Crippen molar-refractivity contribution in [3.8, 4) is 0 Å². The summed E-state index contributed by atoms with van der Waals surface area (Å²) >= 11 is 2.85. The molecule has 0 aromatic rings. The lowest BCUT2D eigenvalue weighted by atomic mass is 10.2. The van der Waals surface area contributed by atoms with Crippen LogP contribution in [-0.2, 0) is 9.59 Å². The van der Waals surface area contributed by atoms with E-state index >= 15 is 0 Å². The van der Waals surface area contributed by atoms with E-state index in [1.165, 1.54) is 28.4 Å². The molecule has 0 aliphatic carbocycles.